The molecule has 9 nitrogen and oxygen atoms in total. The van der Waals surface area contributed by atoms with Gasteiger partial charge in [0.2, 0.25) is 5.78 Å². The molecule has 5 aromatic rings. The third kappa shape index (κ3) is 3.96. The highest BCUT2D eigenvalue weighted by Gasteiger charge is 2.54. The molecule has 36 heavy (non-hydrogen) atoms. The zero-order valence-corrected chi connectivity index (χ0v) is 19.4. The van der Waals surface area contributed by atoms with Crippen LogP contribution in [0, 0.1) is 0 Å². The van der Waals surface area contributed by atoms with Gasteiger partial charge in [-0.05, 0) is 6.92 Å². The Labute approximate surface area is 207 Å². The predicted octanol–water partition coefficient (Wildman–Crippen LogP) is 3.85. The molecule has 178 valence electrons. The van der Waals surface area contributed by atoms with Crippen LogP contribution in [0.3, 0.4) is 0 Å². The van der Waals surface area contributed by atoms with Crippen molar-refractivity contribution >= 4 is 11.8 Å². The Bertz CT molecular complexity index is 1400. The summed E-state index contributed by atoms with van der Waals surface area (Å²) in [5, 5.41) is 17.0. The Morgan fingerprint density at radius 2 is 1.17 bits per heavy atom. The average molecular weight is 479 g/mol. The fourth-order valence-electron chi connectivity index (χ4n) is 3.94. The first kappa shape index (κ1) is 22.9. The number of hydrogen-bond acceptors (Lipinski definition) is 7. The van der Waals surface area contributed by atoms with Gasteiger partial charge in [0.25, 0.3) is 0 Å². The van der Waals surface area contributed by atoms with Gasteiger partial charge in [-0.3, -0.25) is 4.79 Å². The topological polar surface area (TPSA) is 105 Å². The van der Waals surface area contributed by atoms with E-state index in [0.717, 1.165) is 11.1 Å². The third-order valence-corrected chi connectivity index (χ3v) is 5.70. The van der Waals surface area contributed by atoms with Crippen molar-refractivity contribution in [1.29, 1.82) is 0 Å². The normalized spacial score (nSPS) is 11.2. The predicted molar refractivity (Wildman–Crippen MR) is 132 cm³/mol. The largest absolute Gasteiger partial charge is 0.462 e. The molecule has 2 aromatic heterocycles. The first-order valence-corrected chi connectivity index (χ1v) is 11.4. The Kier molecular flexibility index (Phi) is 6.19. The second kappa shape index (κ2) is 9.75. The van der Waals surface area contributed by atoms with E-state index in [0.29, 0.717) is 11.4 Å². The number of carbonyl (C=O) groups excluding carboxylic acids is 2. The molecule has 0 amide bonds. The van der Waals surface area contributed by atoms with E-state index in [2.05, 4.69) is 20.6 Å². The fraction of sp³-hybridized carbons (Fsp3) is 0.111. The van der Waals surface area contributed by atoms with E-state index in [9.17, 15) is 9.59 Å². The third-order valence-electron chi connectivity index (χ3n) is 5.70. The summed E-state index contributed by atoms with van der Waals surface area (Å²) in [5.41, 5.74) is 0.632. The smallest absolute Gasteiger partial charge is 0.365 e. The van der Waals surface area contributed by atoms with Crippen LogP contribution in [0.15, 0.2) is 103 Å². The van der Waals surface area contributed by atoms with Crippen molar-refractivity contribution in [2.75, 3.05) is 6.61 Å². The fourth-order valence-corrected chi connectivity index (χ4v) is 3.94. The van der Waals surface area contributed by atoms with Gasteiger partial charge in [-0.1, -0.05) is 101 Å². The summed E-state index contributed by atoms with van der Waals surface area (Å²) in [6, 6.07) is 27.2. The summed E-state index contributed by atoms with van der Waals surface area (Å²) in [5.74, 6) is -1.44. The van der Waals surface area contributed by atoms with Crippen molar-refractivity contribution in [2.45, 2.75) is 12.6 Å². The maximum atomic E-state index is 14.2. The lowest BCUT2D eigenvalue weighted by Crippen LogP contribution is -2.56. The lowest BCUT2D eigenvalue weighted by molar-refractivity contribution is -0.154. The number of Topliss-reactive ketones (excluding diaryl/α,β-unsaturated/α-hetero) is 1. The Morgan fingerprint density at radius 1 is 0.722 bits per heavy atom. The number of ketones is 1. The van der Waals surface area contributed by atoms with Gasteiger partial charge in [-0.15, -0.1) is 10.2 Å². The van der Waals surface area contributed by atoms with Crippen LogP contribution in [0.2, 0.25) is 0 Å². The molecule has 0 aliphatic heterocycles. The minimum Gasteiger partial charge on any atom is -0.462 e. The van der Waals surface area contributed by atoms with Crippen LogP contribution in [0.5, 0.6) is 0 Å². The van der Waals surface area contributed by atoms with E-state index in [1.165, 1.54) is 21.8 Å². The molecule has 0 radical (unpaired) electrons. The van der Waals surface area contributed by atoms with Gasteiger partial charge in [0.1, 0.15) is 11.4 Å². The van der Waals surface area contributed by atoms with Gasteiger partial charge >= 0.3 is 11.6 Å². The van der Waals surface area contributed by atoms with Crippen molar-refractivity contribution in [1.82, 2.24) is 30.0 Å². The maximum absolute atomic E-state index is 14.2. The van der Waals surface area contributed by atoms with E-state index in [1.807, 2.05) is 60.7 Å². The van der Waals surface area contributed by atoms with Crippen LogP contribution in [-0.4, -0.2) is 48.3 Å². The highest BCUT2D eigenvalue weighted by Crippen LogP contribution is 2.29. The van der Waals surface area contributed by atoms with E-state index in [1.54, 1.807) is 37.3 Å². The molecule has 2 heterocycles. The van der Waals surface area contributed by atoms with Gasteiger partial charge in [0.15, 0.2) is 0 Å². The molecule has 0 fully saturated rings. The SMILES string of the molecule is CCOC(=O)C(C(=O)c1ccccc1)(n1cc(-c2ccccc2)nn1)n1cc(-c2ccccc2)nn1. The highest BCUT2D eigenvalue weighted by molar-refractivity contribution is 6.14. The number of nitrogens with zero attached hydrogens (tertiary/aromatic N) is 6. The van der Waals surface area contributed by atoms with E-state index in [4.69, 9.17) is 4.74 Å². The van der Waals surface area contributed by atoms with Crippen LogP contribution in [0.1, 0.15) is 17.3 Å². The second-order valence-electron chi connectivity index (χ2n) is 7.92. The van der Waals surface area contributed by atoms with Crippen LogP contribution < -0.4 is 0 Å². The summed E-state index contributed by atoms with van der Waals surface area (Å²) in [6.07, 6.45) is 3.08. The number of carbonyl (C=O) groups is 2. The quantitative estimate of drug-likeness (QED) is 0.189. The zero-order chi connectivity index (χ0) is 25.0. The summed E-state index contributed by atoms with van der Waals surface area (Å²) < 4.78 is 7.85. The molecular weight excluding hydrogens is 456 g/mol. The zero-order valence-electron chi connectivity index (χ0n) is 19.4. The molecule has 0 saturated heterocycles. The molecule has 3 aromatic carbocycles. The molecule has 0 spiro atoms. The average Bonchev–Trinajstić information content (AvgIpc) is 3.62. The molecule has 0 aliphatic carbocycles. The molecule has 0 unspecified atom stereocenters. The number of ether oxygens (including phenoxy) is 1. The van der Waals surface area contributed by atoms with Gasteiger partial charge in [-0.2, -0.15) is 0 Å². The second-order valence-corrected chi connectivity index (χ2v) is 7.92. The Balaban J connectivity index is 1.74. The highest BCUT2D eigenvalue weighted by atomic mass is 16.5. The molecular formula is C27H22N6O3. The van der Waals surface area contributed by atoms with Crippen LogP contribution >= 0.6 is 0 Å². The molecule has 0 aliphatic rings. The van der Waals surface area contributed by atoms with Gasteiger partial charge in [-0.25, -0.2) is 14.2 Å². The van der Waals surface area contributed by atoms with Crippen LogP contribution in [0.25, 0.3) is 22.5 Å². The molecule has 0 N–H and O–H groups in total. The summed E-state index contributed by atoms with van der Waals surface area (Å²) in [4.78, 5) is 27.9. The lowest BCUT2D eigenvalue weighted by atomic mass is 9.97. The number of esters is 1. The van der Waals surface area contributed by atoms with Crippen molar-refractivity contribution in [3.63, 3.8) is 0 Å². The van der Waals surface area contributed by atoms with Crippen molar-refractivity contribution < 1.29 is 14.3 Å². The number of aromatic nitrogens is 6. The van der Waals surface area contributed by atoms with E-state index < -0.39 is 17.4 Å². The monoisotopic (exact) mass is 478 g/mol. The van der Waals surface area contributed by atoms with E-state index in [-0.39, 0.29) is 12.2 Å². The molecule has 5 rings (SSSR count). The minimum absolute atomic E-state index is 0.0448. The maximum Gasteiger partial charge on any atom is 0.365 e. The molecule has 9 heteroatoms. The number of benzene rings is 3. The van der Waals surface area contributed by atoms with Crippen LogP contribution in [-0.2, 0) is 15.2 Å². The van der Waals surface area contributed by atoms with Crippen LogP contribution in [0.4, 0.5) is 0 Å². The minimum atomic E-state index is -2.16. The van der Waals surface area contributed by atoms with Gasteiger partial charge in [0.05, 0.1) is 19.0 Å². The molecule has 0 atom stereocenters. The Hall–Kier alpha value is -4.92. The van der Waals surface area contributed by atoms with Gasteiger partial charge < -0.3 is 4.74 Å². The standard InChI is InChI=1S/C27H22N6O3/c1-2-36-26(35)27(25(34)22-16-10-5-11-17-22,32-18-23(28-30-32)20-12-6-3-7-13-20)33-19-24(29-31-33)21-14-8-4-9-15-21/h3-19H,2H2,1H3. The number of rotatable bonds is 8. The number of hydrogen-bond donors (Lipinski definition) is 0. The first-order valence-electron chi connectivity index (χ1n) is 11.4. The van der Waals surface area contributed by atoms with Crippen molar-refractivity contribution in [3.8, 4) is 22.5 Å². The molecule has 0 bridgehead atoms. The summed E-state index contributed by atoms with van der Waals surface area (Å²) in [7, 11) is 0. The lowest BCUT2D eigenvalue weighted by Gasteiger charge is -2.29. The summed E-state index contributed by atoms with van der Waals surface area (Å²) in [6.45, 7) is 1.71. The first-order chi connectivity index (χ1) is 17.6. The van der Waals surface area contributed by atoms with Gasteiger partial charge in [0, 0.05) is 16.7 Å². The molecule has 0 saturated carbocycles. The van der Waals surface area contributed by atoms with Crippen molar-refractivity contribution in [2.24, 2.45) is 0 Å². The van der Waals surface area contributed by atoms with Crippen molar-refractivity contribution in [3.05, 3.63) is 109 Å². The Morgan fingerprint density at radius 3 is 1.61 bits per heavy atom. The summed E-state index contributed by atoms with van der Waals surface area (Å²) >= 11 is 0. The van der Waals surface area contributed by atoms with E-state index >= 15 is 0 Å².